The minimum atomic E-state index is 0.580. The van der Waals surface area contributed by atoms with Crippen molar-refractivity contribution < 1.29 is 14.2 Å². The first-order chi connectivity index (χ1) is 7.92. The molecule has 1 aromatic carbocycles. The predicted octanol–water partition coefficient (Wildman–Crippen LogP) is 1.58. The number of para-hydroxylation sites is 1. The molecule has 1 aliphatic rings. The van der Waals surface area contributed by atoms with E-state index < -0.39 is 0 Å². The summed E-state index contributed by atoms with van der Waals surface area (Å²) in [4.78, 5) is 0. The molecule has 0 bridgehead atoms. The molecule has 16 heavy (non-hydrogen) atoms. The summed E-state index contributed by atoms with van der Waals surface area (Å²) in [5.41, 5.74) is 5.42. The van der Waals surface area contributed by atoms with Crippen LogP contribution in [0.3, 0.4) is 0 Å². The topological polar surface area (TPSA) is 53.7 Å². The van der Waals surface area contributed by atoms with Crippen molar-refractivity contribution >= 4 is 0 Å². The normalized spacial score (nSPS) is 13.6. The van der Waals surface area contributed by atoms with Gasteiger partial charge in [0.25, 0.3) is 0 Å². The third-order valence-corrected chi connectivity index (χ3v) is 2.39. The van der Waals surface area contributed by atoms with Gasteiger partial charge in [0, 0.05) is 0 Å². The van der Waals surface area contributed by atoms with Crippen LogP contribution in [0, 0.1) is 0 Å². The molecule has 0 unspecified atom stereocenters. The lowest BCUT2D eigenvalue weighted by molar-refractivity contribution is 0.161. The number of hydrogen-bond acceptors (Lipinski definition) is 4. The SMILES string of the molecule is NCCCCOc1cccc2c1OCCO2. The fourth-order valence-electron chi connectivity index (χ4n) is 1.59. The molecule has 0 saturated carbocycles. The molecule has 1 aromatic rings. The van der Waals surface area contributed by atoms with Crippen LogP contribution in [0.15, 0.2) is 18.2 Å². The molecule has 0 saturated heterocycles. The quantitative estimate of drug-likeness (QED) is 0.770. The first kappa shape index (κ1) is 11.1. The number of fused-ring (bicyclic) bond motifs is 1. The van der Waals surface area contributed by atoms with Gasteiger partial charge in [-0.2, -0.15) is 0 Å². The Kier molecular flexibility index (Phi) is 3.88. The summed E-state index contributed by atoms with van der Waals surface area (Å²) in [5.74, 6) is 2.25. The van der Waals surface area contributed by atoms with Crippen molar-refractivity contribution in [2.24, 2.45) is 5.73 Å². The predicted molar refractivity (Wildman–Crippen MR) is 61.2 cm³/mol. The van der Waals surface area contributed by atoms with Crippen LogP contribution in [0.1, 0.15) is 12.8 Å². The van der Waals surface area contributed by atoms with Gasteiger partial charge in [-0.25, -0.2) is 0 Å². The van der Waals surface area contributed by atoms with E-state index in [0.717, 1.165) is 30.1 Å². The molecular formula is C12H17NO3. The number of rotatable bonds is 5. The summed E-state index contributed by atoms with van der Waals surface area (Å²) >= 11 is 0. The van der Waals surface area contributed by atoms with Crippen LogP contribution in [-0.4, -0.2) is 26.4 Å². The highest BCUT2D eigenvalue weighted by atomic mass is 16.6. The van der Waals surface area contributed by atoms with Crippen molar-refractivity contribution in [2.45, 2.75) is 12.8 Å². The standard InChI is InChI=1S/C12H17NO3/c13-6-1-2-7-14-10-4-3-5-11-12(10)16-9-8-15-11/h3-5H,1-2,6-9,13H2. The fourth-order valence-corrected chi connectivity index (χ4v) is 1.59. The third kappa shape index (κ3) is 2.58. The van der Waals surface area contributed by atoms with Gasteiger partial charge in [-0.1, -0.05) is 6.07 Å². The minimum absolute atomic E-state index is 0.580. The van der Waals surface area contributed by atoms with Gasteiger partial charge < -0.3 is 19.9 Å². The summed E-state index contributed by atoms with van der Waals surface area (Å²) in [6.07, 6.45) is 1.94. The number of hydrogen-bond donors (Lipinski definition) is 1. The van der Waals surface area contributed by atoms with Crippen molar-refractivity contribution in [3.05, 3.63) is 18.2 Å². The van der Waals surface area contributed by atoms with E-state index in [2.05, 4.69) is 0 Å². The Morgan fingerprint density at radius 1 is 1.19 bits per heavy atom. The van der Waals surface area contributed by atoms with Gasteiger partial charge in [0.15, 0.2) is 11.5 Å². The van der Waals surface area contributed by atoms with Crippen LogP contribution < -0.4 is 19.9 Å². The van der Waals surface area contributed by atoms with Gasteiger partial charge in [-0.3, -0.25) is 0 Å². The Morgan fingerprint density at radius 2 is 2.06 bits per heavy atom. The first-order valence-corrected chi connectivity index (χ1v) is 5.63. The third-order valence-electron chi connectivity index (χ3n) is 2.39. The van der Waals surface area contributed by atoms with Crippen molar-refractivity contribution in [2.75, 3.05) is 26.4 Å². The van der Waals surface area contributed by atoms with Crippen LogP contribution in [0.5, 0.6) is 17.2 Å². The summed E-state index contributed by atoms with van der Waals surface area (Å²) < 4.78 is 16.6. The van der Waals surface area contributed by atoms with Gasteiger partial charge in [0.2, 0.25) is 5.75 Å². The first-order valence-electron chi connectivity index (χ1n) is 5.63. The Bertz CT molecular complexity index is 341. The van der Waals surface area contributed by atoms with Gasteiger partial charge in [-0.15, -0.1) is 0 Å². The van der Waals surface area contributed by atoms with E-state index in [0.29, 0.717) is 26.4 Å². The highest BCUT2D eigenvalue weighted by molar-refractivity contribution is 5.51. The van der Waals surface area contributed by atoms with E-state index in [1.54, 1.807) is 0 Å². The van der Waals surface area contributed by atoms with E-state index in [9.17, 15) is 0 Å². The van der Waals surface area contributed by atoms with Gasteiger partial charge in [0.1, 0.15) is 13.2 Å². The molecule has 0 aliphatic carbocycles. The second-order valence-electron chi connectivity index (χ2n) is 3.62. The molecule has 88 valence electrons. The molecule has 0 amide bonds. The Balaban J connectivity index is 1.97. The van der Waals surface area contributed by atoms with E-state index in [4.69, 9.17) is 19.9 Å². The smallest absolute Gasteiger partial charge is 0.203 e. The number of benzene rings is 1. The van der Waals surface area contributed by atoms with Gasteiger partial charge >= 0.3 is 0 Å². The van der Waals surface area contributed by atoms with Crippen molar-refractivity contribution in [1.82, 2.24) is 0 Å². The number of ether oxygens (including phenoxy) is 3. The molecule has 1 aliphatic heterocycles. The van der Waals surface area contributed by atoms with E-state index in [1.807, 2.05) is 18.2 Å². The zero-order valence-electron chi connectivity index (χ0n) is 9.28. The monoisotopic (exact) mass is 223 g/mol. The maximum absolute atomic E-state index is 5.65. The number of unbranched alkanes of at least 4 members (excludes halogenated alkanes) is 1. The zero-order valence-corrected chi connectivity index (χ0v) is 9.28. The van der Waals surface area contributed by atoms with Crippen LogP contribution in [0.2, 0.25) is 0 Å². The highest BCUT2D eigenvalue weighted by Crippen LogP contribution is 2.38. The molecule has 1 heterocycles. The summed E-state index contributed by atoms with van der Waals surface area (Å²) in [6.45, 7) is 2.55. The van der Waals surface area contributed by atoms with Crippen LogP contribution in [0.25, 0.3) is 0 Å². The molecule has 4 nitrogen and oxygen atoms in total. The Hall–Kier alpha value is -1.42. The summed E-state index contributed by atoms with van der Waals surface area (Å²) in [7, 11) is 0. The molecule has 0 aromatic heterocycles. The van der Waals surface area contributed by atoms with Crippen molar-refractivity contribution in [3.63, 3.8) is 0 Å². The average molecular weight is 223 g/mol. The van der Waals surface area contributed by atoms with E-state index >= 15 is 0 Å². The molecule has 0 radical (unpaired) electrons. The van der Waals surface area contributed by atoms with Crippen LogP contribution >= 0.6 is 0 Å². The Morgan fingerprint density at radius 3 is 2.94 bits per heavy atom. The van der Waals surface area contributed by atoms with E-state index in [-0.39, 0.29) is 0 Å². The molecular weight excluding hydrogens is 206 g/mol. The average Bonchev–Trinajstić information content (AvgIpc) is 2.35. The van der Waals surface area contributed by atoms with E-state index in [1.165, 1.54) is 0 Å². The van der Waals surface area contributed by atoms with Crippen molar-refractivity contribution in [3.8, 4) is 17.2 Å². The zero-order chi connectivity index (χ0) is 11.2. The number of nitrogens with two attached hydrogens (primary N) is 1. The van der Waals surface area contributed by atoms with Crippen molar-refractivity contribution in [1.29, 1.82) is 0 Å². The molecule has 2 rings (SSSR count). The van der Waals surface area contributed by atoms with Crippen LogP contribution in [-0.2, 0) is 0 Å². The Labute approximate surface area is 95.3 Å². The molecule has 2 N–H and O–H groups in total. The lowest BCUT2D eigenvalue weighted by Gasteiger charge is -2.20. The molecule has 0 spiro atoms. The maximum Gasteiger partial charge on any atom is 0.203 e. The maximum atomic E-state index is 5.65. The van der Waals surface area contributed by atoms with Crippen LogP contribution in [0.4, 0.5) is 0 Å². The lowest BCUT2D eigenvalue weighted by atomic mass is 10.2. The molecule has 0 fully saturated rings. The lowest BCUT2D eigenvalue weighted by Crippen LogP contribution is -2.16. The largest absolute Gasteiger partial charge is 0.490 e. The summed E-state index contributed by atoms with van der Waals surface area (Å²) in [6, 6.07) is 5.70. The fraction of sp³-hybridized carbons (Fsp3) is 0.500. The molecule has 4 heteroatoms. The highest BCUT2D eigenvalue weighted by Gasteiger charge is 2.16. The summed E-state index contributed by atoms with van der Waals surface area (Å²) in [5, 5.41) is 0. The van der Waals surface area contributed by atoms with Gasteiger partial charge in [-0.05, 0) is 31.5 Å². The second-order valence-corrected chi connectivity index (χ2v) is 3.62. The molecule has 0 atom stereocenters. The van der Waals surface area contributed by atoms with Gasteiger partial charge in [0.05, 0.1) is 6.61 Å². The second kappa shape index (κ2) is 5.61. The minimum Gasteiger partial charge on any atom is -0.490 e.